The van der Waals surface area contributed by atoms with Gasteiger partial charge in [-0.05, 0) is 55.4 Å². The fraction of sp³-hybridized carbons (Fsp3) is 0.458. The van der Waals surface area contributed by atoms with Gasteiger partial charge in [-0.1, -0.05) is 48.9 Å². The van der Waals surface area contributed by atoms with Gasteiger partial charge in [0.25, 0.3) is 5.91 Å². The van der Waals surface area contributed by atoms with E-state index in [1.807, 2.05) is 37.4 Å². The van der Waals surface area contributed by atoms with Crippen molar-refractivity contribution in [1.82, 2.24) is 4.90 Å². The van der Waals surface area contributed by atoms with Gasteiger partial charge in [-0.15, -0.1) is 0 Å². The number of carbonyl (C=O) groups is 1. The van der Waals surface area contributed by atoms with Crippen LogP contribution in [-0.2, 0) is 4.74 Å². The summed E-state index contributed by atoms with van der Waals surface area (Å²) in [7, 11) is 1.83. The maximum atomic E-state index is 13.5. The summed E-state index contributed by atoms with van der Waals surface area (Å²) in [5.41, 5.74) is 4.35. The van der Waals surface area contributed by atoms with Crippen LogP contribution in [0, 0.1) is 12.3 Å². The predicted octanol–water partition coefficient (Wildman–Crippen LogP) is 5.08. The minimum absolute atomic E-state index is 0.153. The van der Waals surface area contributed by atoms with Crippen LogP contribution >= 0.6 is 0 Å². The standard InChI is InChI=1S/C24H29NO2/c1-18-9-3-4-10-19(18)20-11-5-6-12-21(20)23(26)25-16-8-15-24(17-25)14-7-13-22(24)27-2/h3-6,9-12,22H,7-8,13-17H2,1-2H3/t22-,24-/m1/s1. The van der Waals surface area contributed by atoms with E-state index >= 15 is 0 Å². The molecule has 1 saturated carbocycles. The Hall–Kier alpha value is -2.13. The molecule has 4 rings (SSSR count). The molecule has 1 saturated heterocycles. The van der Waals surface area contributed by atoms with Crippen molar-refractivity contribution in [2.75, 3.05) is 20.2 Å². The number of ether oxygens (including phenoxy) is 1. The van der Waals surface area contributed by atoms with Crippen LogP contribution in [0.15, 0.2) is 48.5 Å². The Morgan fingerprint density at radius 1 is 1.04 bits per heavy atom. The van der Waals surface area contributed by atoms with Crippen LogP contribution in [0.3, 0.4) is 0 Å². The van der Waals surface area contributed by atoms with Crippen LogP contribution < -0.4 is 0 Å². The number of rotatable bonds is 3. The fourth-order valence-electron chi connectivity index (χ4n) is 5.22. The van der Waals surface area contributed by atoms with Crippen molar-refractivity contribution in [2.45, 2.75) is 45.1 Å². The normalized spacial score (nSPS) is 25.1. The Morgan fingerprint density at radius 2 is 1.74 bits per heavy atom. The maximum Gasteiger partial charge on any atom is 0.254 e. The molecule has 2 atom stereocenters. The van der Waals surface area contributed by atoms with Crippen LogP contribution in [0.2, 0.25) is 0 Å². The Balaban J connectivity index is 1.65. The second-order valence-corrected chi connectivity index (χ2v) is 8.17. The first-order valence-electron chi connectivity index (χ1n) is 10.1. The average Bonchev–Trinajstić information content (AvgIpc) is 3.09. The largest absolute Gasteiger partial charge is 0.381 e. The topological polar surface area (TPSA) is 29.5 Å². The lowest BCUT2D eigenvalue weighted by Gasteiger charge is -2.43. The Labute approximate surface area is 162 Å². The third-order valence-corrected chi connectivity index (χ3v) is 6.60. The van der Waals surface area contributed by atoms with Gasteiger partial charge in [-0.2, -0.15) is 0 Å². The van der Waals surface area contributed by atoms with E-state index in [1.165, 1.54) is 24.8 Å². The molecule has 3 heteroatoms. The monoisotopic (exact) mass is 363 g/mol. The van der Waals surface area contributed by atoms with Crippen LogP contribution in [0.5, 0.6) is 0 Å². The molecule has 0 unspecified atom stereocenters. The van der Waals surface area contributed by atoms with Crippen LogP contribution in [0.4, 0.5) is 0 Å². The Bertz CT molecular complexity index is 831. The van der Waals surface area contributed by atoms with Crippen molar-refractivity contribution in [3.8, 4) is 11.1 Å². The second-order valence-electron chi connectivity index (χ2n) is 8.17. The summed E-state index contributed by atoms with van der Waals surface area (Å²) in [5.74, 6) is 0.162. The number of aryl methyl sites for hydroxylation is 1. The summed E-state index contributed by atoms with van der Waals surface area (Å²) in [6, 6.07) is 16.3. The zero-order chi connectivity index (χ0) is 18.9. The molecule has 2 aromatic rings. The van der Waals surface area contributed by atoms with Gasteiger partial charge >= 0.3 is 0 Å². The Morgan fingerprint density at radius 3 is 2.52 bits per heavy atom. The summed E-state index contributed by atoms with van der Waals surface area (Å²) < 4.78 is 5.81. The van der Waals surface area contributed by atoms with E-state index in [0.29, 0.717) is 6.10 Å². The summed E-state index contributed by atoms with van der Waals surface area (Å²) in [6.45, 7) is 3.78. The number of carbonyl (C=O) groups excluding carboxylic acids is 1. The highest BCUT2D eigenvalue weighted by Gasteiger charge is 2.46. The zero-order valence-corrected chi connectivity index (χ0v) is 16.4. The fourth-order valence-corrected chi connectivity index (χ4v) is 5.22. The van der Waals surface area contributed by atoms with Gasteiger partial charge in [0.2, 0.25) is 0 Å². The third-order valence-electron chi connectivity index (χ3n) is 6.60. The first kappa shape index (κ1) is 18.2. The number of benzene rings is 2. The van der Waals surface area contributed by atoms with E-state index in [0.717, 1.165) is 42.6 Å². The molecular formula is C24H29NO2. The summed E-state index contributed by atoms with van der Waals surface area (Å²) in [4.78, 5) is 15.6. The molecular weight excluding hydrogens is 334 g/mol. The lowest BCUT2D eigenvalue weighted by atomic mass is 9.76. The van der Waals surface area contributed by atoms with Gasteiger partial charge in [0.1, 0.15) is 0 Å². The molecule has 27 heavy (non-hydrogen) atoms. The zero-order valence-electron chi connectivity index (χ0n) is 16.4. The minimum Gasteiger partial charge on any atom is -0.381 e. The van der Waals surface area contributed by atoms with Gasteiger partial charge in [0.05, 0.1) is 6.10 Å². The maximum absolute atomic E-state index is 13.5. The van der Waals surface area contributed by atoms with Crippen molar-refractivity contribution in [3.63, 3.8) is 0 Å². The summed E-state index contributed by atoms with van der Waals surface area (Å²) >= 11 is 0. The molecule has 0 bridgehead atoms. The highest BCUT2D eigenvalue weighted by atomic mass is 16.5. The van der Waals surface area contributed by atoms with Gasteiger partial charge < -0.3 is 9.64 Å². The van der Waals surface area contributed by atoms with Crippen molar-refractivity contribution in [3.05, 3.63) is 59.7 Å². The van der Waals surface area contributed by atoms with E-state index in [9.17, 15) is 4.79 Å². The van der Waals surface area contributed by atoms with Gasteiger partial charge in [-0.25, -0.2) is 0 Å². The van der Waals surface area contributed by atoms with E-state index < -0.39 is 0 Å². The number of piperidine rings is 1. The number of hydrogen-bond donors (Lipinski definition) is 0. The molecule has 142 valence electrons. The number of nitrogens with zero attached hydrogens (tertiary/aromatic N) is 1. The highest BCUT2D eigenvalue weighted by molar-refractivity contribution is 6.01. The van der Waals surface area contributed by atoms with Crippen LogP contribution in [-0.4, -0.2) is 37.1 Å². The lowest BCUT2D eigenvalue weighted by Crippen LogP contribution is -2.49. The van der Waals surface area contributed by atoms with Gasteiger partial charge in [0, 0.05) is 31.2 Å². The summed E-state index contributed by atoms with van der Waals surface area (Å²) in [5, 5.41) is 0. The molecule has 1 aliphatic heterocycles. The molecule has 1 aliphatic carbocycles. The molecule has 0 aromatic heterocycles. The third kappa shape index (κ3) is 3.29. The van der Waals surface area contributed by atoms with E-state index in [-0.39, 0.29) is 11.3 Å². The Kier molecular flexibility index (Phi) is 5.05. The highest BCUT2D eigenvalue weighted by Crippen LogP contribution is 2.46. The molecule has 2 aliphatic rings. The van der Waals surface area contributed by atoms with E-state index in [1.54, 1.807) is 0 Å². The molecule has 1 spiro atoms. The molecule has 2 fully saturated rings. The molecule has 2 aromatic carbocycles. The minimum atomic E-state index is 0.153. The van der Waals surface area contributed by atoms with E-state index in [4.69, 9.17) is 4.74 Å². The number of methoxy groups -OCH3 is 1. The molecule has 0 radical (unpaired) electrons. The second kappa shape index (κ2) is 7.47. The molecule has 1 heterocycles. The van der Waals surface area contributed by atoms with Crippen molar-refractivity contribution >= 4 is 5.91 Å². The first-order valence-corrected chi connectivity index (χ1v) is 10.1. The van der Waals surface area contributed by atoms with Crippen LogP contribution in [0.1, 0.15) is 48.0 Å². The molecule has 1 amide bonds. The smallest absolute Gasteiger partial charge is 0.254 e. The number of amides is 1. The lowest BCUT2D eigenvalue weighted by molar-refractivity contribution is -0.0295. The van der Waals surface area contributed by atoms with Gasteiger partial charge in [0.15, 0.2) is 0 Å². The number of hydrogen-bond acceptors (Lipinski definition) is 2. The predicted molar refractivity (Wildman–Crippen MR) is 109 cm³/mol. The van der Waals surface area contributed by atoms with Crippen molar-refractivity contribution in [2.24, 2.45) is 5.41 Å². The summed E-state index contributed by atoms with van der Waals surface area (Å²) in [6.07, 6.45) is 6.04. The quantitative estimate of drug-likeness (QED) is 0.761. The molecule has 0 N–H and O–H groups in total. The first-order chi connectivity index (χ1) is 13.1. The van der Waals surface area contributed by atoms with E-state index in [2.05, 4.69) is 30.0 Å². The molecule has 3 nitrogen and oxygen atoms in total. The average molecular weight is 364 g/mol. The van der Waals surface area contributed by atoms with Gasteiger partial charge in [-0.3, -0.25) is 4.79 Å². The number of likely N-dealkylation sites (tertiary alicyclic amines) is 1. The SMILES string of the molecule is CO[C@@H]1CCC[C@]12CCCN(C(=O)c1ccccc1-c1ccccc1C)C2. The van der Waals surface area contributed by atoms with Crippen molar-refractivity contribution < 1.29 is 9.53 Å². The van der Waals surface area contributed by atoms with Crippen molar-refractivity contribution in [1.29, 1.82) is 0 Å². The van der Waals surface area contributed by atoms with Crippen LogP contribution in [0.25, 0.3) is 11.1 Å².